The zero-order valence-corrected chi connectivity index (χ0v) is 16.6. The van der Waals surface area contributed by atoms with E-state index in [-0.39, 0.29) is 5.91 Å². The zero-order valence-electron chi connectivity index (χ0n) is 16.6. The summed E-state index contributed by atoms with van der Waals surface area (Å²) in [4.78, 5) is 11.1. The minimum absolute atomic E-state index is 0.251. The van der Waals surface area contributed by atoms with Gasteiger partial charge in [0.1, 0.15) is 0 Å². The highest BCUT2D eigenvalue weighted by Gasteiger charge is 2.00. The Balaban J connectivity index is 3.19. The van der Waals surface area contributed by atoms with Crippen LogP contribution in [0.25, 0.3) is 0 Å². The lowest BCUT2D eigenvalue weighted by molar-refractivity contribution is -0.114. The van der Waals surface area contributed by atoms with Gasteiger partial charge in [-0.05, 0) is 19.3 Å². The van der Waals surface area contributed by atoms with E-state index in [9.17, 15) is 4.79 Å². The van der Waals surface area contributed by atoms with E-state index in [1.54, 1.807) is 0 Å². The van der Waals surface area contributed by atoms with Gasteiger partial charge in [-0.25, -0.2) is 0 Å². The first-order valence-corrected chi connectivity index (χ1v) is 10.7. The molecule has 0 fully saturated rings. The van der Waals surface area contributed by atoms with Gasteiger partial charge in [0.25, 0.3) is 0 Å². The third-order valence-electron chi connectivity index (χ3n) is 4.90. The summed E-state index contributed by atoms with van der Waals surface area (Å²) >= 11 is 0. The second-order valence-corrected chi connectivity index (χ2v) is 7.19. The van der Waals surface area contributed by atoms with Crippen LogP contribution in [0.3, 0.4) is 0 Å². The van der Waals surface area contributed by atoms with Crippen molar-refractivity contribution in [1.29, 1.82) is 0 Å². The van der Waals surface area contributed by atoms with E-state index in [0.29, 0.717) is 0 Å². The molecule has 2 nitrogen and oxygen atoms in total. The number of rotatable bonds is 18. The Morgan fingerprint density at radius 3 is 1.38 bits per heavy atom. The number of hydrogen-bond donors (Lipinski definition) is 1. The van der Waals surface area contributed by atoms with Crippen LogP contribution in [0, 0.1) is 0 Å². The molecule has 2 N–H and O–H groups in total. The van der Waals surface area contributed by atoms with Gasteiger partial charge in [-0.2, -0.15) is 0 Å². The lowest BCUT2D eigenvalue weighted by Crippen LogP contribution is -2.13. The third kappa shape index (κ3) is 16.1. The van der Waals surface area contributed by atoms with Crippen molar-refractivity contribution in [2.24, 2.45) is 5.73 Å². The first-order valence-electron chi connectivity index (χ1n) is 10.7. The van der Waals surface area contributed by atoms with Crippen molar-refractivity contribution in [3.63, 3.8) is 0 Å². The average Bonchev–Trinajstić information content (AvgIpc) is 2.57. The summed E-state index contributed by atoms with van der Waals surface area (Å²) in [5, 5.41) is 0. The zero-order chi connectivity index (χ0) is 17.9. The van der Waals surface area contributed by atoms with Gasteiger partial charge in [-0.15, -0.1) is 0 Å². The van der Waals surface area contributed by atoms with E-state index in [1.165, 1.54) is 96.3 Å². The first-order chi connectivity index (χ1) is 11.7. The molecule has 0 heterocycles. The minimum atomic E-state index is -0.251. The summed E-state index contributed by atoms with van der Waals surface area (Å²) in [6.07, 6.45) is 24.6. The standard InChI is InChI=1S/C22H43NO/c1-3-5-6-7-8-9-10-11-12-13-14-15-16-17-18-19-20-21(4-2)22(23)24/h20H,3-19H2,1-2H3,(H2,23,24). The van der Waals surface area contributed by atoms with Crippen LogP contribution in [-0.2, 0) is 4.79 Å². The number of carbonyl (C=O) groups is 1. The number of hydrogen-bond acceptors (Lipinski definition) is 1. The summed E-state index contributed by atoms with van der Waals surface area (Å²) in [7, 11) is 0. The van der Waals surface area contributed by atoms with Gasteiger partial charge in [-0.1, -0.05) is 110 Å². The lowest BCUT2D eigenvalue weighted by atomic mass is 10.0. The molecule has 142 valence electrons. The van der Waals surface area contributed by atoms with Gasteiger partial charge in [0, 0.05) is 5.57 Å². The van der Waals surface area contributed by atoms with E-state index >= 15 is 0 Å². The predicted molar refractivity (Wildman–Crippen MR) is 107 cm³/mol. The number of amides is 1. The van der Waals surface area contributed by atoms with Gasteiger partial charge < -0.3 is 5.73 Å². The van der Waals surface area contributed by atoms with Gasteiger partial charge in [0.05, 0.1) is 0 Å². The predicted octanol–water partition coefficient (Wildman–Crippen LogP) is 7.07. The van der Waals surface area contributed by atoms with Crippen molar-refractivity contribution in [3.05, 3.63) is 11.6 Å². The van der Waals surface area contributed by atoms with Crippen molar-refractivity contribution >= 4 is 5.91 Å². The second-order valence-electron chi connectivity index (χ2n) is 7.19. The van der Waals surface area contributed by atoms with Crippen LogP contribution in [-0.4, -0.2) is 5.91 Å². The van der Waals surface area contributed by atoms with E-state index in [2.05, 4.69) is 6.92 Å². The molecule has 0 aromatic rings. The van der Waals surface area contributed by atoms with E-state index < -0.39 is 0 Å². The lowest BCUT2D eigenvalue weighted by Gasteiger charge is -2.03. The fourth-order valence-corrected chi connectivity index (χ4v) is 3.21. The molecule has 0 aliphatic carbocycles. The van der Waals surface area contributed by atoms with Crippen molar-refractivity contribution in [3.8, 4) is 0 Å². The molecule has 2 heteroatoms. The Morgan fingerprint density at radius 1 is 0.667 bits per heavy atom. The van der Waals surface area contributed by atoms with Gasteiger partial charge in [0.15, 0.2) is 0 Å². The molecular weight excluding hydrogens is 294 g/mol. The average molecular weight is 338 g/mol. The van der Waals surface area contributed by atoms with Crippen LogP contribution < -0.4 is 5.73 Å². The smallest absolute Gasteiger partial charge is 0.244 e. The van der Waals surface area contributed by atoms with Crippen LogP contribution in [0.2, 0.25) is 0 Å². The summed E-state index contributed by atoms with van der Waals surface area (Å²) < 4.78 is 0. The van der Waals surface area contributed by atoms with Gasteiger partial charge in [0.2, 0.25) is 5.91 Å². The van der Waals surface area contributed by atoms with Crippen molar-refractivity contribution in [1.82, 2.24) is 0 Å². The number of unbranched alkanes of at least 4 members (excludes halogenated alkanes) is 15. The van der Waals surface area contributed by atoms with E-state index in [4.69, 9.17) is 5.73 Å². The fraction of sp³-hybridized carbons (Fsp3) is 0.864. The largest absolute Gasteiger partial charge is 0.366 e. The molecular formula is C22H43NO. The number of allylic oxidation sites excluding steroid dienone is 1. The van der Waals surface area contributed by atoms with Crippen molar-refractivity contribution in [2.45, 2.75) is 123 Å². The topological polar surface area (TPSA) is 43.1 Å². The SMILES string of the molecule is CCCCCCCCCCCCCCCCCC=C(CC)C(N)=O. The maximum Gasteiger partial charge on any atom is 0.244 e. The van der Waals surface area contributed by atoms with Crippen LogP contribution in [0.1, 0.15) is 123 Å². The normalized spacial score (nSPS) is 11.8. The number of nitrogens with two attached hydrogens (primary N) is 1. The minimum Gasteiger partial charge on any atom is -0.366 e. The molecule has 0 aliphatic rings. The monoisotopic (exact) mass is 337 g/mol. The second kappa shape index (κ2) is 18.5. The van der Waals surface area contributed by atoms with Crippen LogP contribution >= 0.6 is 0 Å². The Bertz CT molecular complexity index is 309. The van der Waals surface area contributed by atoms with Crippen molar-refractivity contribution < 1.29 is 4.79 Å². The summed E-state index contributed by atoms with van der Waals surface area (Å²) in [6, 6.07) is 0. The quantitative estimate of drug-likeness (QED) is 0.211. The van der Waals surface area contributed by atoms with Gasteiger partial charge in [-0.3, -0.25) is 4.79 Å². The van der Waals surface area contributed by atoms with Crippen LogP contribution in [0.15, 0.2) is 11.6 Å². The third-order valence-corrected chi connectivity index (χ3v) is 4.90. The molecule has 0 rings (SSSR count). The van der Waals surface area contributed by atoms with Crippen LogP contribution in [0.4, 0.5) is 0 Å². The summed E-state index contributed by atoms with van der Waals surface area (Å²) in [6.45, 7) is 4.27. The summed E-state index contributed by atoms with van der Waals surface area (Å²) in [5.74, 6) is -0.251. The van der Waals surface area contributed by atoms with Crippen LogP contribution in [0.5, 0.6) is 0 Å². The molecule has 0 aliphatic heterocycles. The molecule has 1 amide bonds. The van der Waals surface area contributed by atoms with Gasteiger partial charge >= 0.3 is 0 Å². The molecule has 0 aromatic heterocycles. The van der Waals surface area contributed by atoms with E-state index in [0.717, 1.165) is 18.4 Å². The molecule has 0 radical (unpaired) electrons. The Hall–Kier alpha value is -0.790. The highest BCUT2D eigenvalue weighted by atomic mass is 16.1. The maximum absolute atomic E-state index is 11.1. The molecule has 0 bridgehead atoms. The molecule has 0 saturated carbocycles. The van der Waals surface area contributed by atoms with Crippen molar-refractivity contribution in [2.75, 3.05) is 0 Å². The molecule has 0 saturated heterocycles. The fourth-order valence-electron chi connectivity index (χ4n) is 3.21. The molecule has 0 unspecified atom stereocenters. The highest BCUT2D eigenvalue weighted by Crippen LogP contribution is 2.14. The van der Waals surface area contributed by atoms with E-state index in [1.807, 2.05) is 13.0 Å². The Labute approximate surface area is 151 Å². The molecule has 24 heavy (non-hydrogen) atoms. The molecule has 0 atom stereocenters. The first kappa shape index (κ1) is 23.2. The number of carbonyl (C=O) groups excluding carboxylic acids is 1. The molecule has 0 aromatic carbocycles. The summed E-state index contributed by atoms with van der Waals surface area (Å²) in [5.41, 5.74) is 6.10. The Kier molecular flexibility index (Phi) is 17.9. The maximum atomic E-state index is 11.1. The number of primary amides is 1. The molecule has 0 spiro atoms. The Morgan fingerprint density at radius 2 is 1.04 bits per heavy atom. The highest BCUT2D eigenvalue weighted by molar-refractivity contribution is 5.91.